The zero-order chi connectivity index (χ0) is 22.2. The summed E-state index contributed by atoms with van der Waals surface area (Å²) in [4.78, 5) is 17.0. The van der Waals surface area contributed by atoms with Gasteiger partial charge in [-0.05, 0) is 66.8 Å². The number of anilines is 1. The Morgan fingerprint density at radius 3 is 2.72 bits per heavy atom. The van der Waals surface area contributed by atoms with Crippen LogP contribution < -0.4 is 20.1 Å². The van der Waals surface area contributed by atoms with Gasteiger partial charge in [0.1, 0.15) is 5.52 Å². The number of aromatic nitrogens is 1. The van der Waals surface area contributed by atoms with Gasteiger partial charge in [0.2, 0.25) is 12.7 Å². The first-order valence-corrected chi connectivity index (χ1v) is 10.5. The minimum atomic E-state index is -0.399. The maximum absolute atomic E-state index is 12.5. The van der Waals surface area contributed by atoms with Crippen molar-refractivity contribution in [1.82, 2.24) is 10.3 Å². The van der Waals surface area contributed by atoms with Gasteiger partial charge in [-0.2, -0.15) is 0 Å². The topological polar surface area (TPSA) is 85.6 Å². The summed E-state index contributed by atoms with van der Waals surface area (Å²) in [5, 5.41) is 6.62. The molecule has 4 aromatic rings. The van der Waals surface area contributed by atoms with Gasteiger partial charge in [0, 0.05) is 16.1 Å². The largest absolute Gasteiger partial charge is 0.454 e. The van der Waals surface area contributed by atoms with Crippen molar-refractivity contribution in [1.29, 1.82) is 0 Å². The van der Waals surface area contributed by atoms with Crippen LogP contribution in [0, 0.1) is 0 Å². The van der Waals surface area contributed by atoms with Gasteiger partial charge in [0.05, 0.1) is 10.7 Å². The number of hydrogen-bond donors (Lipinski definition) is 2. The number of rotatable bonds is 3. The second kappa shape index (κ2) is 8.31. The SMILES string of the molecule is O=C(NC(=S)Nc1cc(-c2nc3cc(Cl)ccc3o2)ccc1Cl)c1ccc2c(c1)OCO2. The van der Waals surface area contributed by atoms with Crippen LogP contribution in [-0.4, -0.2) is 22.8 Å². The summed E-state index contributed by atoms with van der Waals surface area (Å²) in [6, 6.07) is 15.3. The van der Waals surface area contributed by atoms with Crippen LogP contribution in [0.15, 0.2) is 59.0 Å². The second-order valence-corrected chi connectivity index (χ2v) is 8.05. The molecule has 10 heteroatoms. The summed E-state index contributed by atoms with van der Waals surface area (Å²) in [5.41, 5.74) is 2.79. The Morgan fingerprint density at radius 1 is 1.00 bits per heavy atom. The van der Waals surface area contributed by atoms with Crippen LogP contribution in [0.5, 0.6) is 11.5 Å². The van der Waals surface area contributed by atoms with Crippen molar-refractivity contribution in [2.75, 3.05) is 12.1 Å². The van der Waals surface area contributed by atoms with Crippen molar-refractivity contribution in [3.8, 4) is 23.0 Å². The van der Waals surface area contributed by atoms with Crippen LogP contribution in [0.25, 0.3) is 22.6 Å². The van der Waals surface area contributed by atoms with Crippen molar-refractivity contribution >= 4 is 63.2 Å². The Kier molecular flexibility index (Phi) is 5.34. The van der Waals surface area contributed by atoms with Gasteiger partial charge < -0.3 is 19.2 Å². The number of nitrogens with zero attached hydrogens (tertiary/aromatic N) is 1. The monoisotopic (exact) mass is 485 g/mol. The Balaban J connectivity index is 1.33. The molecule has 1 aliphatic heterocycles. The predicted molar refractivity (Wildman–Crippen MR) is 126 cm³/mol. The van der Waals surface area contributed by atoms with E-state index >= 15 is 0 Å². The minimum absolute atomic E-state index is 0.0797. The van der Waals surface area contributed by atoms with Gasteiger partial charge in [-0.25, -0.2) is 4.98 Å². The lowest BCUT2D eigenvalue weighted by molar-refractivity contribution is 0.0977. The molecule has 0 unspecified atom stereocenters. The maximum Gasteiger partial charge on any atom is 0.257 e. The number of halogens is 2. The van der Waals surface area contributed by atoms with Gasteiger partial charge in [-0.3, -0.25) is 10.1 Å². The lowest BCUT2D eigenvalue weighted by atomic mass is 10.2. The van der Waals surface area contributed by atoms with E-state index in [0.29, 0.717) is 55.3 Å². The van der Waals surface area contributed by atoms with Crippen molar-refractivity contribution in [2.45, 2.75) is 0 Å². The molecule has 0 spiro atoms. The van der Waals surface area contributed by atoms with Gasteiger partial charge >= 0.3 is 0 Å². The standard InChI is InChI=1S/C22H13Cl2N3O4S/c23-13-3-6-17-16(9-13)25-21(31-17)12-1-4-14(24)15(7-12)26-22(32)27-20(28)11-2-5-18-19(8-11)30-10-29-18/h1-9H,10H2,(H2,26,27,28,32). The number of benzene rings is 3. The molecular formula is C22H13Cl2N3O4S. The smallest absolute Gasteiger partial charge is 0.257 e. The van der Waals surface area contributed by atoms with Crippen molar-refractivity contribution in [3.05, 3.63) is 70.2 Å². The number of ether oxygens (including phenoxy) is 2. The molecule has 0 radical (unpaired) electrons. The van der Waals surface area contributed by atoms with E-state index in [-0.39, 0.29) is 11.9 Å². The molecule has 1 aromatic heterocycles. The Bertz CT molecular complexity index is 1390. The summed E-state index contributed by atoms with van der Waals surface area (Å²) in [6.07, 6.45) is 0. The molecule has 0 saturated heterocycles. The van der Waals surface area contributed by atoms with E-state index in [9.17, 15) is 4.79 Å². The number of fused-ring (bicyclic) bond motifs is 2. The average Bonchev–Trinajstić information content (AvgIpc) is 3.41. The average molecular weight is 486 g/mol. The second-order valence-electron chi connectivity index (χ2n) is 6.80. The summed E-state index contributed by atoms with van der Waals surface area (Å²) in [6.45, 7) is 0.127. The number of carbonyl (C=O) groups excluding carboxylic acids is 1. The number of carbonyl (C=O) groups is 1. The molecule has 0 saturated carbocycles. The van der Waals surface area contributed by atoms with E-state index in [1.165, 1.54) is 0 Å². The summed E-state index contributed by atoms with van der Waals surface area (Å²) in [5.74, 6) is 1.10. The first kappa shape index (κ1) is 20.6. The van der Waals surface area contributed by atoms with E-state index in [4.69, 9.17) is 49.3 Å². The highest BCUT2D eigenvalue weighted by Crippen LogP contribution is 2.33. The van der Waals surface area contributed by atoms with E-state index < -0.39 is 5.91 Å². The molecule has 160 valence electrons. The Hall–Kier alpha value is -3.33. The molecule has 5 rings (SSSR count). The van der Waals surface area contributed by atoms with E-state index in [0.717, 1.165) is 0 Å². The van der Waals surface area contributed by atoms with Gasteiger partial charge in [0.25, 0.3) is 5.91 Å². The van der Waals surface area contributed by atoms with Crippen LogP contribution in [0.4, 0.5) is 5.69 Å². The summed E-state index contributed by atoms with van der Waals surface area (Å²) in [7, 11) is 0. The molecule has 2 heterocycles. The maximum atomic E-state index is 12.5. The molecular weight excluding hydrogens is 473 g/mol. The molecule has 3 aromatic carbocycles. The van der Waals surface area contributed by atoms with Crippen molar-refractivity contribution in [3.63, 3.8) is 0 Å². The highest BCUT2D eigenvalue weighted by molar-refractivity contribution is 7.80. The highest BCUT2D eigenvalue weighted by Gasteiger charge is 2.17. The Morgan fingerprint density at radius 2 is 1.84 bits per heavy atom. The van der Waals surface area contributed by atoms with Gasteiger partial charge in [0.15, 0.2) is 22.2 Å². The lowest BCUT2D eigenvalue weighted by Gasteiger charge is -2.12. The molecule has 0 atom stereocenters. The third kappa shape index (κ3) is 4.08. The van der Waals surface area contributed by atoms with Crippen LogP contribution in [0.2, 0.25) is 10.0 Å². The van der Waals surface area contributed by atoms with Crippen LogP contribution in [0.3, 0.4) is 0 Å². The first-order valence-electron chi connectivity index (χ1n) is 9.34. The normalized spacial score (nSPS) is 12.1. The molecule has 0 fully saturated rings. The van der Waals surface area contributed by atoms with E-state index in [2.05, 4.69) is 15.6 Å². The zero-order valence-electron chi connectivity index (χ0n) is 16.1. The van der Waals surface area contributed by atoms with Crippen LogP contribution in [-0.2, 0) is 0 Å². The fourth-order valence-electron chi connectivity index (χ4n) is 3.14. The fraction of sp³-hybridized carbons (Fsp3) is 0.0455. The molecule has 1 amide bonds. The third-order valence-electron chi connectivity index (χ3n) is 4.67. The molecule has 2 N–H and O–H groups in total. The van der Waals surface area contributed by atoms with Gasteiger partial charge in [-0.1, -0.05) is 23.2 Å². The number of nitrogens with one attached hydrogen (secondary N) is 2. The number of hydrogen-bond acceptors (Lipinski definition) is 6. The fourth-order valence-corrected chi connectivity index (χ4v) is 3.68. The molecule has 1 aliphatic rings. The van der Waals surface area contributed by atoms with E-state index in [1.54, 1.807) is 54.6 Å². The number of amides is 1. The molecule has 32 heavy (non-hydrogen) atoms. The highest BCUT2D eigenvalue weighted by atomic mass is 35.5. The number of oxazole rings is 1. The zero-order valence-corrected chi connectivity index (χ0v) is 18.5. The summed E-state index contributed by atoms with van der Waals surface area (Å²) >= 11 is 17.6. The van der Waals surface area contributed by atoms with E-state index in [1.807, 2.05) is 0 Å². The third-order valence-corrected chi connectivity index (χ3v) is 5.44. The first-order chi connectivity index (χ1) is 15.5. The molecule has 0 aliphatic carbocycles. The van der Waals surface area contributed by atoms with Gasteiger partial charge in [-0.15, -0.1) is 0 Å². The van der Waals surface area contributed by atoms with Crippen LogP contribution >= 0.6 is 35.4 Å². The van der Waals surface area contributed by atoms with Crippen LogP contribution in [0.1, 0.15) is 10.4 Å². The minimum Gasteiger partial charge on any atom is -0.454 e. The summed E-state index contributed by atoms with van der Waals surface area (Å²) < 4.78 is 16.4. The molecule has 0 bridgehead atoms. The van der Waals surface area contributed by atoms with Crippen molar-refractivity contribution in [2.24, 2.45) is 0 Å². The molecule has 7 nitrogen and oxygen atoms in total. The quantitative estimate of drug-likeness (QED) is 0.362. The predicted octanol–water partition coefficient (Wildman–Crippen LogP) is 5.66. The lowest BCUT2D eigenvalue weighted by Crippen LogP contribution is -2.34. The number of thiocarbonyl (C=S) groups is 1. The van der Waals surface area contributed by atoms with Crippen molar-refractivity contribution < 1.29 is 18.7 Å². The Labute approximate surface area is 197 Å².